The monoisotopic (exact) mass is 411 g/mol. The van der Waals surface area contributed by atoms with Gasteiger partial charge in [0, 0.05) is 24.0 Å². The van der Waals surface area contributed by atoms with Crippen molar-refractivity contribution >= 4 is 16.7 Å². The number of hydrogen-bond acceptors (Lipinski definition) is 4. The van der Waals surface area contributed by atoms with Crippen LogP contribution in [-0.2, 0) is 4.79 Å². The number of aromatic amines is 1. The van der Waals surface area contributed by atoms with Gasteiger partial charge in [-0.15, -0.1) is 0 Å². The van der Waals surface area contributed by atoms with E-state index >= 15 is 0 Å². The van der Waals surface area contributed by atoms with Gasteiger partial charge in [-0.25, -0.2) is 0 Å². The molecule has 0 spiro atoms. The first kappa shape index (κ1) is 20.9. The van der Waals surface area contributed by atoms with Crippen molar-refractivity contribution in [2.45, 2.75) is 70.4 Å². The minimum absolute atomic E-state index is 0.0708. The minimum atomic E-state index is -0.0708. The average Bonchev–Trinajstić information content (AvgIpc) is 2.76. The third-order valence-corrected chi connectivity index (χ3v) is 6.64. The van der Waals surface area contributed by atoms with Crippen LogP contribution in [0.4, 0.5) is 0 Å². The summed E-state index contributed by atoms with van der Waals surface area (Å²) in [5.74, 6) is 1.75. The Bertz CT molecular complexity index is 925. The van der Waals surface area contributed by atoms with Gasteiger partial charge in [0.2, 0.25) is 5.91 Å². The van der Waals surface area contributed by atoms with E-state index in [9.17, 15) is 9.59 Å². The summed E-state index contributed by atoms with van der Waals surface area (Å²) in [6.07, 6.45) is 9.65. The number of carbonyl (C=O) groups is 1. The topological polar surface area (TPSA) is 83.2 Å². The molecule has 162 valence electrons. The van der Waals surface area contributed by atoms with Crippen LogP contribution in [0.15, 0.2) is 29.2 Å². The molecule has 1 aliphatic heterocycles. The Balaban J connectivity index is 1.24. The maximum atomic E-state index is 12.3. The molecule has 0 atom stereocenters. The molecule has 0 radical (unpaired) electrons. The van der Waals surface area contributed by atoms with Crippen LogP contribution in [0.1, 0.15) is 56.9 Å². The highest BCUT2D eigenvalue weighted by Crippen LogP contribution is 2.29. The quantitative estimate of drug-likeness (QED) is 0.680. The third kappa shape index (κ3) is 5.22. The van der Waals surface area contributed by atoms with Crippen molar-refractivity contribution < 1.29 is 9.53 Å². The van der Waals surface area contributed by atoms with Gasteiger partial charge in [0.25, 0.3) is 5.56 Å². The number of aryl methyl sites for hydroxylation is 1. The molecule has 4 rings (SSSR count). The summed E-state index contributed by atoms with van der Waals surface area (Å²) in [6.45, 7) is 4.16. The highest BCUT2D eigenvalue weighted by Gasteiger charge is 2.24. The third-order valence-electron chi connectivity index (χ3n) is 6.64. The second-order valence-electron chi connectivity index (χ2n) is 8.90. The smallest absolute Gasteiger partial charge is 0.255 e. The Hall–Kier alpha value is -2.34. The number of carbonyl (C=O) groups excluding carboxylic acids is 1. The van der Waals surface area contributed by atoms with Crippen molar-refractivity contribution in [2.24, 2.45) is 5.92 Å². The lowest BCUT2D eigenvalue weighted by Crippen LogP contribution is -2.40. The molecule has 6 heteroatoms. The number of H-pyrrole nitrogens is 1. The van der Waals surface area contributed by atoms with Crippen LogP contribution in [0.5, 0.6) is 5.75 Å². The van der Waals surface area contributed by atoms with Gasteiger partial charge < -0.3 is 20.4 Å². The van der Waals surface area contributed by atoms with Crippen LogP contribution < -0.4 is 20.9 Å². The van der Waals surface area contributed by atoms with Gasteiger partial charge in [0.1, 0.15) is 5.75 Å². The summed E-state index contributed by atoms with van der Waals surface area (Å²) in [6, 6.07) is 6.03. The van der Waals surface area contributed by atoms with E-state index in [0.717, 1.165) is 61.9 Å². The molecule has 2 fully saturated rings. The van der Waals surface area contributed by atoms with Crippen molar-refractivity contribution in [1.29, 1.82) is 0 Å². The number of piperidine rings is 1. The van der Waals surface area contributed by atoms with E-state index in [1.165, 1.54) is 12.8 Å². The fourth-order valence-electron chi connectivity index (χ4n) is 4.76. The van der Waals surface area contributed by atoms with E-state index < -0.39 is 0 Å². The number of hydrogen-bond donors (Lipinski definition) is 3. The van der Waals surface area contributed by atoms with Crippen LogP contribution in [0, 0.1) is 12.8 Å². The summed E-state index contributed by atoms with van der Waals surface area (Å²) < 4.78 is 6.28. The number of amides is 1. The molecule has 2 aliphatic rings. The van der Waals surface area contributed by atoms with Gasteiger partial charge in [0.05, 0.1) is 6.10 Å². The van der Waals surface area contributed by atoms with Crippen molar-refractivity contribution in [3.05, 3.63) is 40.3 Å². The Kier molecular flexibility index (Phi) is 6.72. The normalized spacial score (nSPS) is 22.7. The Morgan fingerprint density at radius 3 is 2.67 bits per heavy atom. The van der Waals surface area contributed by atoms with Gasteiger partial charge in [-0.3, -0.25) is 9.59 Å². The maximum Gasteiger partial charge on any atom is 0.255 e. The van der Waals surface area contributed by atoms with Crippen LogP contribution in [0.2, 0.25) is 0 Å². The molecular formula is C24H33N3O3. The molecule has 1 saturated heterocycles. The van der Waals surface area contributed by atoms with Crippen molar-refractivity contribution in [1.82, 2.24) is 15.6 Å². The van der Waals surface area contributed by atoms with Crippen molar-refractivity contribution in [2.75, 3.05) is 13.1 Å². The van der Waals surface area contributed by atoms with Crippen LogP contribution >= 0.6 is 0 Å². The van der Waals surface area contributed by atoms with E-state index in [2.05, 4.69) is 15.6 Å². The molecule has 0 unspecified atom stereocenters. The lowest BCUT2D eigenvalue weighted by Gasteiger charge is -2.30. The molecule has 2 heterocycles. The zero-order chi connectivity index (χ0) is 20.9. The number of ether oxygens (including phenoxy) is 1. The fraction of sp³-hybridized carbons (Fsp3) is 0.583. The maximum absolute atomic E-state index is 12.3. The predicted octanol–water partition coefficient (Wildman–Crippen LogP) is 3.42. The Morgan fingerprint density at radius 2 is 1.90 bits per heavy atom. The zero-order valence-corrected chi connectivity index (χ0v) is 17.8. The average molecular weight is 412 g/mol. The van der Waals surface area contributed by atoms with Crippen molar-refractivity contribution in [3.63, 3.8) is 0 Å². The molecule has 1 aromatic carbocycles. The van der Waals surface area contributed by atoms with E-state index in [1.807, 2.05) is 25.1 Å². The lowest BCUT2D eigenvalue weighted by atomic mass is 9.91. The van der Waals surface area contributed by atoms with Gasteiger partial charge in [-0.05, 0) is 100 Å². The fourth-order valence-corrected chi connectivity index (χ4v) is 4.76. The lowest BCUT2D eigenvalue weighted by molar-refractivity contribution is -0.122. The van der Waals surface area contributed by atoms with Gasteiger partial charge in [0.15, 0.2) is 0 Å². The molecule has 1 amide bonds. The molecule has 2 aromatic rings. The summed E-state index contributed by atoms with van der Waals surface area (Å²) in [5, 5.41) is 8.20. The number of rotatable bonds is 6. The van der Waals surface area contributed by atoms with E-state index in [0.29, 0.717) is 17.7 Å². The summed E-state index contributed by atoms with van der Waals surface area (Å²) >= 11 is 0. The highest BCUT2D eigenvalue weighted by molar-refractivity contribution is 5.83. The number of benzene rings is 1. The number of aromatic nitrogens is 1. The van der Waals surface area contributed by atoms with E-state index in [-0.39, 0.29) is 23.6 Å². The second kappa shape index (κ2) is 9.65. The Morgan fingerprint density at radius 1 is 1.13 bits per heavy atom. The van der Waals surface area contributed by atoms with Crippen LogP contribution in [-0.4, -0.2) is 36.1 Å². The standard InChI is InChI=1S/C24H33N3O3/c1-16-14-21-18(10-13-26-24(21)29)15-22(16)30-20-5-3-19(4-6-20)27-23(28)7-2-17-8-11-25-12-9-17/h10,13-15,17,19-20,25H,2-9,11-12H2,1H3,(H,26,29)(H,27,28)/t19-,20-. The number of fused-ring (bicyclic) bond motifs is 1. The van der Waals surface area contributed by atoms with Gasteiger partial charge in [-0.1, -0.05) is 0 Å². The van der Waals surface area contributed by atoms with Crippen molar-refractivity contribution in [3.8, 4) is 5.75 Å². The molecule has 1 saturated carbocycles. The number of nitrogens with one attached hydrogen (secondary N) is 3. The van der Waals surface area contributed by atoms with Gasteiger partial charge in [-0.2, -0.15) is 0 Å². The summed E-state index contributed by atoms with van der Waals surface area (Å²) in [5.41, 5.74) is 0.908. The first-order valence-corrected chi connectivity index (χ1v) is 11.4. The molecule has 6 nitrogen and oxygen atoms in total. The molecule has 1 aliphatic carbocycles. The van der Waals surface area contributed by atoms with Crippen LogP contribution in [0.25, 0.3) is 10.8 Å². The van der Waals surface area contributed by atoms with E-state index in [4.69, 9.17) is 4.74 Å². The summed E-state index contributed by atoms with van der Waals surface area (Å²) in [7, 11) is 0. The van der Waals surface area contributed by atoms with Crippen LogP contribution in [0.3, 0.4) is 0 Å². The molecule has 0 bridgehead atoms. The zero-order valence-electron chi connectivity index (χ0n) is 17.8. The molecule has 3 N–H and O–H groups in total. The molecule has 1 aromatic heterocycles. The summed E-state index contributed by atoms with van der Waals surface area (Å²) in [4.78, 5) is 27.0. The predicted molar refractivity (Wildman–Crippen MR) is 119 cm³/mol. The number of pyridine rings is 1. The largest absolute Gasteiger partial charge is 0.490 e. The first-order valence-electron chi connectivity index (χ1n) is 11.4. The van der Waals surface area contributed by atoms with E-state index in [1.54, 1.807) is 6.20 Å². The first-order chi connectivity index (χ1) is 14.6. The second-order valence-corrected chi connectivity index (χ2v) is 8.90. The molecule has 30 heavy (non-hydrogen) atoms. The SMILES string of the molecule is Cc1cc2c(=O)[nH]ccc2cc1O[C@H]1CC[C@H](NC(=O)CCC2CCNCC2)CC1. The Labute approximate surface area is 177 Å². The van der Waals surface area contributed by atoms with Gasteiger partial charge >= 0.3 is 0 Å². The minimum Gasteiger partial charge on any atom is -0.490 e. The molecular weight excluding hydrogens is 378 g/mol. The highest BCUT2D eigenvalue weighted by atomic mass is 16.5.